The summed E-state index contributed by atoms with van der Waals surface area (Å²) in [6, 6.07) is 14.1. The van der Waals surface area contributed by atoms with E-state index in [1.54, 1.807) is 18.2 Å². The summed E-state index contributed by atoms with van der Waals surface area (Å²) in [6.45, 7) is 1.40. The van der Waals surface area contributed by atoms with E-state index in [0.717, 1.165) is 36.2 Å². The van der Waals surface area contributed by atoms with E-state index in [1.165, 1.54) is 6.07 Å². The zero-order valence-electron chi connectivity index (χ0n) is 17.8. The molecule has 1 aromatic heterocycles. The van der Waals surface area contributed by atoms with Gasteiger partial charge >= 0.3 is 0 Å². The van der Waals surface area contributed by atoms with Crippen molar-refractivity contribution < 1.29 is 9.18 Å². The zero-order chi connectivity index (χ0) is 22.0. The van der Waals surface area contributed by atoms with Gasteiger partial charge in [-0.15, -0.1) is 0 Å². The SMILES string of the molecule is CN(C)c1ncc(-c2ccc(C(N)=O)cc2)c(C2CCCN2Cc2ccccc2F)n1. The monoisotopic (exact) mass is 419 g/mol. The van der Waals surface area contributed by atoms with E-state index in [2.05, 4.69) is 9.88 Å². The highest BCUT2D eigenvalue weighted by Gasteiger charge is 2.30. The number of hydrogen-bond donors (Lipinski definition) is 1. The van der Waals surface area contributed by atoms with E-state index in [1.807, 2.05) is 49.5 Å². The normalized spacial score (nSPS) is 16.4. The highest BCUT2D eigenvalue weighted by atomic mass is 19.1. The minimum Gasteiger partial charge on any atom is -0.366 e. The number of primary amides is 1. The number of hydrogen-bond acceptors (Lipinski definition) is 5. The summed E-state index contributed by atoms with van der Waals surface area (Å²) in [7, 11) is 3.82. The Kier molecular flexibility index (Phi) is 5.95. The third-order valence-corrected chi connectivity index (χ3v) is 5.70. The summed E-state index contributed by atoms with van der Waals surface area (Å²) in [5.74, 6) is -0.0184. The van der Waals surface area contributed by atoms with Crippen molar-refractivity contribution in [3.05, 3.63) is 77.4 Å². The molecule has 4 rings (SSSR count). The van der Waals surface area contributed by atoms with Crippen LogP contribution in [0.25, 0.3) is 11.1 Å². The second-order valence-electron chi connectivity index (χ2n) is 8.02. The molecular weight excluding hydrogens is 393 g/mol. The Labute approximate surface area is 181 Å². The molecule has 0 radical (unpaired) electrons. The van der Waals surface area contributed by atoms with Crippen molar-refractivity contribution in [1.82, 2.24) is 14.9 Å². The first-order chi connectivity index (χ1) is 14.9. The molecule has 6 nitrogen and oxygen atoms in total. The Balaban J connectivity index is 1.73. The van der Waals surface area contributed by atoms with Gasteiger partial charge in [-0.05, 0) is 43.1 Å². The van der Waals surface area contributed by atoms with Crippen LogP contribution in [-0.4, -0.2) is 41.4 Å². The fraction of sp³-hybridized carbons (Fsp3) is 0.292. The van der Waals surface area contributed by atoms with E-state index in [9.17, 15) is 9.18 Å². The minimum absolute atomic E-state index is 0.0483. The van der Waals surface area contributed by atoms with Gasteiger partial charge in [0, 0.05) is 43.5 Å². The largest absolute Gasteiger partial charge is 0.366 e. The van der Waals surface area contributed by atoms with Crippen LogP contribution < -0.4 is 10.6 Å². The molecular formula is C24H26FN5O. The lowest BCUT2D eigenvalue weighted by molar-refractivity contribution is 0.100. The van der Waals surface area contributed by atoms with E-state index < -0.39 is 5.91 Å². The number of likely N-dealkylation sites (tertiary alicyclic amines) is 1. The lowest BCUT2D eigenvalue weighted by Gasteiger charge is -2.27. The van der Waals surface area contributed by atoms with Crippen LogP contribution in [0.1, 0.15) is 40.5 Å². The van der Waals surface area contributed by atoms with Gasteiger partial charge in [-0.1, -0.05) is 30.3 Å². The van der Waals surface area contributed by atoms with Crippen LogP contribution in [0, 0.1) is 5.82 Å². The molecule has 1 amide bonds. The minimum atomic E-state index is -0.460. The van der Waals surface area contributed by atoms with Gasteiger partial charge in [0.15, 0.2) is 0 Å². The van der Waals surface area contributed by atoms with Crippen LogP contribution in [0.4, 0.5) is 10.3 Å². The van der Waals surface area contributed by atoms with Crippen molar-refractivity contribution in [2.75, 3.05) is 25.5 Å². The Morgan fingerprint density at radius 2 is 1.94 bits per heavy atom. The number of benzene rings is 2. The van der Waals surface area contributed by atoms with Gasteiger partial charge in [-0.3, -0.25) is 9.69 Å². The molecule has 1 atom stereocenters. The Bertz CT molecular complexity index is 1080. The molecule has 31 heavy (non-hydrogen) atoms. The molecule has 1 aliphatic rings. The molecule has 0 spiro atoms. The average Bonchev–Trinajstić information content (AvgIpc) is 3.23. The molecule has 0 bridgehead atoms. The van der Waals surface area contributed by atoms with Crippen molar-refractivity contribution in [3.8, 4) is 11.1 Å². The van der Waals surface area contributed by atoms with Crippen molar-refractivity contribution in [2.24, 2.45) is 5.73 Å². The van der Waals surface area contributed by atoms with E-state index in [4.69, 9.17) is 10.7 Å². The Morgan fingerprint density at radius 3 is 2.61 bits per heavy atom. The molecule has 7 heteroatoms. The third kappa shape index (κ3) is 4.41. The number of carbonyl (C=O) groups is 1. The molecule has 0 aliphatic carbocycles. The first-order valence-electron chi connectivity index (χ1n) is 10.4. The van der Waals surface area contributed by atoms with E-state index in [-0.39, 0.29) is 11.9 Å². The molecule has 2 aromatic carbocycles. The summed E-state index contributed by atoms with van der Waals surface area (Å²) in [6.07, 6.45) is 3.78. The number of aromatic nitrogens is 2. The predicted octanol–water partition coefficient (Wildman–Crippen LogP) is 3.78. The number of nitrogens with zero attached hydrogens (tertiary/aromatic N) is 4. The molecule has 1 fully saturated rings. The first-order valence-corrected chi connectivity index (χ1v) is 10.4. The fourth-order valence-electron chi connectivity index (χ4n) is 4.06. The molecule has 1 unspecified atom stereocenters. The van der Waals surface area contributed by atoms with Crippen LogP contribution in [0.15, 0.2) is 54.7 Å². The van der Waals surface area contributed by atoms with Gasteiger partial charge in [-0.2, -0.15) is 0 Å². The van der Waals surface area contributed by atoms with Crippen molar-refractivity contribution >= 4 is 11.9 Å². The molecule has 0 saturated carbocycles. The van der Waals surface area contributed by atoms with Crippen molar-refractivity contribution in [3.63, 3.8) is 0 Å². The zero-order valence-corrected chi connectivity index (χ0v) is 17.8. The molecule has 1 aliphatic heterocycles. The van der Waals surface area contributed by atoms with Crippen molar-refractivity contribution in [1.29, 1.82) is 0 Å². The summed E-state index contributed by atoms with van der Waals surface area (Å²) in [5, 5.41) is 0. The van der Waals surface area contributed by atoms with Gasteiger partial charge in [0.2, 0.25) is 11.9 Å². The van der Waals surface area contributed by atoms with E-state index in [0.29, 0.717) is 23.6 Å². The summed E-state index contributed by atoms with van der Waals surface area (Å²) < 4.78 is 14.3. The van der Waals surface area contributed by atoms with Crippen LogP contribution in [0.2, 0.25) is 0 Å². The Hall–Kier alpha value is -3.32. The van der Waals surface area contributed by atoms with Crippen LogP contribution in [0.5, 0.6) is 0 Å². The highest BCUT2D eigenvalue weighted by molar-refractivity contribution is 5.93. The molecule has 3 aromatic rings. The number of nitrogens with two attached hydrogens (primary N) is 1. The molecule has 2 N–H and O–H groups in total. The van der Waals surface area contributed by atoms with Crippen molar-refractivity contribution in [2.45, 2.75) is 25.4 Å². The van der Waals surface area contributed by atoms with Gasteiger partial charge < -0.3 is 10.6 Å². The van der Waals surface area contributed by atoms with Gasteiger partial charge in [0.1, 0.15) is 5.82 Å². The number of anilines is 1. The number of halogens is 1. The van der Waals surface area contributed by atoms with Gasteiger partial charge in [-0.25, -0.2) is 14.4 Å². The topological polar surface area (TPSA) is 75.4 Å². The van der Waals surface area contributed by atoms with Crippen LogP contribution in [-0.2, 0) is 6.54 Å². The number of carbonyl (C=O) groups excluding carboxylic acids is 1. The smallest absolute Gasteiger partial charge is 0.248 e. The lowest BCUT2D eigenvalue weighted by atomic mass is 9.98. The predicted molar refractivity (Wildman–Crippen MR) is 119 cm³/mol. The first kappa shape index (κ1) is 20.9. The second kappa shape index (κ2) is 8.81. The van der Waals surface area contributed by atoms with Gasteiger partial charge in [0.05, 0.1) is 11.7 Å². The van der Waals surface area contributed by atoms with Gasteiger partial charge in [0.25, 0.3) is 0 Å². The molecule has 160 valence electrons. The maximum Gasteiger partial charge on any atom is 0.248 e. The maximum atomic E-state index is 14.3. The van der Waals surface area contributed by atoms with E-state index >= 15 is 0 Å². The van der Waals surface area contributed by atoms with Crippen LogP contribution in [0.3, 0.4) is 0 Å². The summed E-state index contributed by atoms with van der Waals surface area (Å²) in [5.41, 5.74) is 9.27. The second-order valence-corrected chi connectivity index (χ2v) is 8.02. The Morgan fingerprint density at radius 1 is 1.19 bits per heavy atom. The third-order valence-electron chi connectivity index (χ3n) is 5.70. The quantitative estimate of drug-likeness (QED) is 0.658. The lowest BCUT2D eigenvalue weighted by Crippen LogP contribution is -2.25. The van der Waals surface area contributed by atoms with Crippen LogP contribution >= 0.6 is 0 Å². The highest BCUT2D eigenvalue weighted by Crippen LogP contribution is 2.38. The fourth-order valence-corrected chi connectivity index (χ4v) is 4.06. The standard InChI is InChI=1S/C24H26FN5O/c1-29(2)24-27-14-19(16-9-11-17(12-10-16)23(26)31)22(28-24)21-8-5-13-30(21)15-18-6-3-4-7-20(18)25/h3-4,6-7,9-12,14,21H,5,8,13,15H2,1-2H3,(H2,26,31). The molecule has 2 heterocycles. The molecule has 1 saturated heterocycles. The maximum absolute atomic E-state index is 14.3. The summed E-state index contributed by atoms with van der Waals surface area (Å²) in [4.78, 5) is 25.0. The number of rotatable bonds is 6. The number of amides is 1. The average molecular weight is 420 g/mol. The summed E-state index contributed by atoms with van der Waals surface area (Å²) >= 11 is 0.